The largest absolute Gasteiger partial charge is 0.489 e. The van der Waals surface area contributed by atoms with Crippen molar-refractivity contribution in [3.05, 3.63) is 23.8 Å². The molecule has 1 unspecified atom stereocenters. The number of hydrogen-bond donors (Lipinski definition) is 5. The molecular weight excluding hydrogens is 302 g/mol. The molecule has 126 valence electrons. The van der Waals surface area contributed by atoms with Crippen LogP contribution in [0.2, 0.25) is 0 Å². The predicted molar refractivity (Wildman–Crippen MR) is 83.5 cm³/mol. The molecule has 0 saturated carbocycles. The van der Waals surface area contributed by atoms with E-state index in [2.05, 4.69) is 16.0 Å². The molecule has 8 nitrogen and oxygen atoms in total. The summed E-state index contributed by atoms with van der Waals surface area (Å²) >= 11 is 0. The number of benzene rings is 1. The van der Waals surface area contributed by atoms with Crippen molar-refractivity contribution in [2.75, 3.05) is 32.2 Å². The number of ether oxygens (including phenoxy) is 1. The van der Waals surface area contributed by atoms with E-state index < -0.39 is 6.04 Å². The van der Waals surface area contributed by atoms with E-state index in [-0.39, 0.29) is 37.5 Å². The molecule has 1 aromatic carbocycles. The van der Waals surface area contributed by atoms with E-state index in [0.717, 1.165) is 0 Å². The van der Waals surface area contributed by atoms with Crippen molar-refractivity contribution in [3.63, 3.8) is 0 Å². The van der Waals surface area contributed by atoms with Crippen LogP contribution < -0.4 is 20.7 Å². The van der Waals surface area contributed by atoms with Crippen LogP contribution in [0.15, 0.2) is 18.2 Å². The minimum atomic E-state index is -0.667. The highest BCUT2D eigenvalue weighted by Crippen LogP contribution is 2.30. The van der Waals surface area contributed by atoms with Gasteiger partial charge in [-0.2, -0.15) is 0 Å². The first kappa shape index (κ1) is 17.0. The Balaban J connectivity index is 1.99. The van der Waals surface area contributed by atoms with Crippen molar-refractivity contribution in [2.24, 2.45) is 0 Å². The van der Waals surface area contributed by atoms with Crippen LogP contribution in [0.5, 0.6) is 5.75 Å². The van der Waals surface area contributed by atoms with Crippen LogP contribution >= 0.6 is 0 Å². The second-order valence-corrected chi connectivity index (χ2v) is 5.28. The molecular formula is C15H21N3O5. The van der Waals surface area contributed by atoms with Gasteiger partial charge in [0.1, 0.15) is 12.4 Å². The van der Waals surface area contributed by atoms with Crippen LogP contribution in [0, 0.1) is 0 Å². The van der Waals surface area contributed by atoms with Crippen molar-refractivity contribution in [3.8, 4) is 5.75 Å². The summed E-state index contributed by atoms with van der Waals surface area (Å²) in [7, 11) is 1.55. The van der Waals surface area contributed by atoms with Crippen LogP contribution in [-0.4, -0.2) is 61.0 Å². The molecule has 2 rings (SSSR count). The van der Waals surface area contributed by atoms with E-state index in [1.165, 1.54) is 0 Å². The molecule has 1 heterocycles. The molecule has 1 aliphatic heterocycles. The van der Waals surface area contributed by atoms with E-state index in [4.69, 9.17) is 14.9 Å². The Morgan fingerprint density at radius 1 is 1.39 bits per heavy atom. The second kappa shape index (κ2) is 7.80. The smallest absolute Gasteiger partial charge is 0.251 e. The summed E-state index contributed by atoms with van der Waals surface area (Å²) in [4.78, 5) is 23.5. The average Bonchev–Trinajstić information content (AvgIpc) is 2.58. The van der Waals surface area contributed by atoms with E-state index in [0.29, 0.717) is 23.6 Å². The summed E-state index contributed by atoms with van der Waals surface area (Å²) in [5.41, 5.74) is 1.14. The van der Waals surface area contributed by atoms with Gasteiger partial charge in [-0.3, -0.25) is 9.59 Å². The van der Waals surface area contributed by atoms with Crippen molar-refractivity contribution in [1.82, 2.24) is 10.6 Å². The van der Waals surface area contributed by atoms with Crippen LogP contribution in [0.3, 0.4) is 0 Å². The number of fused-ring (bicyclic) bond motifs is 1. The van der Waals surface area contributed by atoms with E-state index in [9.17, 15) is 9.59 Å². The topological polar surface area (TPSA) is 120 Å². The summed E-state index contributed by atoms with van der Waals surface area (Å²) < 4.78 is 5.59. The number of aliphatic hydroxyl groups is 2. The molecule has 23 heavy (non-hydrogen) atoms. The molecule has 8 heteroatoms. The number of nitrogens with one attached hydrogen (secondary N) is 3. The molecule has 0 fully saturated rings. The first-order valence-electron chi connectivity index (χ1n) is 7.34. The highest BCUT2D eigenvalue weighted by atomic mass is 16.5. The van der Waals surface area contributed by atoms with Gasteiger partial charge in [0.2, 0.25) is 5.91 Å². The van der Waals surface area contributed by atoms with E-state index in [1.54, 1.807) is 25.2 Å². The Kier molecular flexibility index (Phi) is 5.78. The van der Waals surface area contributed by atoms with Crippen LogP contribution in [0.25, 0.3) is 0 Å². The minimum Gasteiger partial charge on any atom is -0.489 e. The SMILES string of the molecule is CNC(=O)c1ccc2c(c1)NC(CC(=O)NC(CO)CO)CO2. The number of carbonyl (C=O) groups is 2. The molecule has 0 aliphatic carbocycles. The second-order valence-electron chi connectivity index (χ2n) is 5.28. The fourth-order valence-corrected chi connectivity index (χ4v) is 2.28. The highest BCUT2D eigenvalue weighted by Gasteiger charge is 2.23. The molecule has 1 aliphatic rings. The maximum absolute atomic E-state index is 11.9. The lowest BCUT2D eigenvalue weighted by atomic mass is 10.1. The lowest BCUT2D eigenvalue weighted by Gasteiger charge is -2.28. The third-order valence-electron chi connectivity index (χ3n) is 3.51. The predicted octanol–water partition coefficient (Wildman–Crippen LogP) is -0.921. The quantitative estimate of drug-likeness (QED) is 0.462. The van der Waals surface area contributed by atoms with Gasteiger partial charge in [-0.1, -0.05) is 0 Å². The number of hydrogen-bond acceptors (Lipinski definition) is 6. The number of amides is 2. The van der Waals surface area contributed by atoms with Crippen LogP contribution in [0.1, 0.15) is 16.8 Å². The molecule has 0 spiro atoms. The Hall–Kier alpha value is -2.32. The summed E-state index contributed by atoms with van der Waals surface area (Å²) in [6.45, 7) is -0.340. The number of aliphatic hydroxyl groups excluding tert-OH is 2. The highest BCUT2D eigenvalue weighted by molar-refractivity contribution is 5.95. The lowest BCUT2D eigenvalue weighted by molar-refractivity contribution is -0.122. The Bertz CT molecular complexity index is 574. The van der Waals surface area contributed by atoms with Gasteiger partial charge < -0.3 is 30.9 Å². The molecule has 0 aromatic heterocycles. The summed E-state index contributed by atoms with van der Waals surface area (Å²) in [5.74, 6) is 0.117. The maximum Gasteiger partial charge on any atom is 0.251 e. The first-order valence-corrected chi connectivity index (χ1v) is 7.34. The van der Waals surface area contributed by atoms with Crippen molar-refractivity contribution < 1.29 is 24.5 Å². The average molecular weight is 323 g/mol. The third kappa shape index (κ3) is 4.33. The van der Waals surface area contributed by atoms with Gasteiger partial charge in [0, 0.05) is 12.6 Å². The molecule has 2 amide bonds. The van der Waals surface area contributed by atoms with Gasteiger partial charge in [-0.25, -0.2) is 0 Å². The van der Waals surface area contributed by atoms with E-state index >= 15 is 0 Å². The summed E-state index contributed by atoms with van der Waals surface area (Å²) in [6.07, 6.45) is 0.125. The zero-order valence-electron chi connectivity index (χ0n) is 12.8. The Labute approximate surface area is 133 Å². The Morgan fingerprint density at radius 2 is 2.13 bits per heavy atom. The molecule has 0 bridgehead atoms. The third-order valence-corrected chi connectivity index (χ3v) is 3.51. The molecule has 1 aromatic rings. The lowest BCUT2D eigenvalue weighted by Crippen LogP contribution is -2.43. The van der Waals surface area contributed by atoms with Gasteiger partial charge in [0.15, 0.2) is 0 Å². The zero-order chi connectivity index (χ0) is 16.8. The van der Waals surface area contributed by atoms with Crippen molar-refractivity contribution in [1.29, 1.82) is 0 Å². The van der Waals surface area contributed by atoms with Gasteiger partial charge >= 0.3 is 0 Å². The first-order chi connectivity index (χ1) is 11.1. The minimum absolute atomic E-state index is 0.125. The van der Waals surface area contributed by atoms with Gasteiger partial charge in [-0.15, -0.1) is 0 Å². The zero-order valence-corrected chi connectivity index (χ0v) is 12.8. The number of carbonyl (C=O) groups excluding carboxylic acids is 2. The molecule has 0 saturated heterocycles. The standard InChI is InChI=1S/C15H21N3O5/c1-16-15(22)9-2-3-13-12(4-9)17-10(8-23-13)5-14(21)18-11(6-19)7-20/h2-4,10-11,17,19-20H,5-8H2,1H3,(H,16,22)(H,18,21). The Morgan fingerprint density at radius 3 is 2.78 bits per heavy atom. The monoisotopic (exact) mass is 323 g/mol. The maximum atomic E-state index is 11.9. The summed E-state index contributed by atoms with van der Waals surface area (Å²) in [6, 6.07) is 4.11. The van der Waals surface area contributed by atoms with Crippen LogP contribution in [0.4, 0.5) is 5.69 Å². The van der Waals surface area contributed by atoms with Gasteiger partial charge in [-0.05, 0) is 18.2 Å². The van der Waals surface area contributed by atoms with E-state index in [1.807, 2.05) is 0 Å². The fourth-order valence-electron chi connectivity index (χ4n) is 2.28. The van der Waals surface area contributed by atoms with Crippen LogP contribution in [-0.2, 0) is 4.79 Å². The molecule has 1 atom stereocenters. The molecule has 0 radical (unpaired) electrons. The van der Waals surface area contributed by atoms with Gasteiger partial charge in [0.25, 0.3) is 5.91 Å². The number of rotatable bonds is 6. The summed E-state index contributed by atoms with van der Waals surface area (Å²) in [5, 5.41) is 26.2. The molecule has 5 N–H and O–H groups in total. The number of anilines is 1. The van der Waals surface area contributed by atoms with Crippen molar-refractivity contribution >= 4 is 17.5 Å². The fraction of sp³-hybridized carbons (Fsp3) is 0.467. The normalized spacial score (nSPS) is 16.1. The van der Waals surface area contributed by atoms with Gasteiger partial charge in [0.05, 0.1) is 37.4 Å². The van der Waals surface area contributed by atoms with Crippen molar-refractivity contribution in [2.45, 2.75) is 18.5 Å².